The Hall–Kier alpha value is -2.71. The van der Waals surface area contributed by atoms with Gasteiger partial charge in [0.25, 0.3) is 0 Å². The molecular weight excluding hydrogens is 432 g/mol. The molecule has 1 saturated heterocycles. The van der Waals surface area contributed by atoms with Gasteiger partial charge in [0.1, 0.15) is 17.4 Å². The number of nitrogens with zero attached hydrogens (tertiary/aromatic N) is 3. The number of rotatable bonds is 9. The molecule has 2 aromatic rings. The van der Waals surface area contributed by atoms with Crippen molar-refractivity contribution < 1.29 is 27.6 Å². The maximum absolute atomic E-state index is 14.2. The van der Waals surface area contributed by atoms with Crippen LogP contribution in [0.3, 0.4) is 0 Å². The monoisotopic (exact) mass is 463 g/mol. The van der Waals surface area contributed by atoms with Gasteiger partial charge in [-0.15, -0.1) is 0 Å². The fraction of sp³-hybridized carbons (Fsp3) is 0.625. The summed E-state index contributed by atoms with van der Waals surface area (Å²) in [5, 5.41) is 4.05. The minimum Gasteiger partial charge on any atom is -0.493 e. The second-order valence-corrected chi connectivity index (χ2v) is 9.33. The molecule has 33 heavy (non-hydrogen) atoms. The van der Waals surface area contributed by atoms with Crippen LogP contribution in [0.1, 0.15) is 56.8 Å². The van der Waals surface area contributed by atoms with Crippen molar-refractivity contribution in [3.8, 4) is 5.75 Å². The van der Waals surface area contributed by atoms with Crippen molar-refractivity contribution in [1.82, 2.24) is 10.1 Å². The molecule has 0 bridgehead atoms. The van der Waals surface area contributed by atoms with Crippen LogP contribution in [0, 0.1) is 29.4 Å². The Morgan fingerprint density at radius 1 is 1.24 bits per heavy atom. The molecule has 0 spiro atoms. The van der Waals surface area contributed by atoms with E-state index in [9.17, 15) is 13.6 Å². The lowest BCUT2D eigenvalue weighted by molar-refractivity contribution is -0.139. The summed E-state index contributed by atoms with van der Waals surface area (Å²) in [6, 6.07) is 2.88. The van der Waals surface area contributed by atoms with Crippen LogP contribution in [0.15, 0.2) is 16.7 Å². The fourth-order valence-electron chi connectivity index (χ4n) is 4.67. The molecule has 4 rings (SSSR count). The van der Waals surface area contributed by atoms with Gasteiger partial charge in [0.15, 0.2) is 5.82 Å². The molecule has 2 fully saturated rings. The Bertz CT molecular complexity index is 949. The molecule has 180 valence electrons. The molecular formula is C24H31F2N3O4. The van der Waals surface area contributed by atoms with Crippen LogP contribution in [0.4, 0.5) is 14.8 Å². The molecule has 1 aromatic heterocycles. The number of hydrogen-bond acceptors (Lipinski definition) is 7. The maximum Gasteiger partial charge on any atom is 0.324 e. The summed E-state index contributed by atoms with van der Waals surface area (Å²) in [5.74, 6) is 0.792. The van der Waals surface area contributed by atoms with Gasteiger partial charge < -0.3 is 18.9 Å². The van der Waals surface area contributed by atoms with Crippen LogP contribution in [0.5, 0.6) is 5.75 Å². The van der Waals surface area contributed by atoms with E-state index in [0.29, 0.717) is 30.4 Å². The van der Waals surface area contributed by atoms with Crippen molar-refractivity contribution in [2.45, 2.75) is 51.9 Å². The average Bonchev–Trinajstić information content (AvgIpc) is 3.38. The van der Waals surface area contributed by atoms with Gasteiger partial charge in [-0.1, -0.05) is 19.0 Å². The van der Waals surface area contributed by atoms with Crippen molar-refractivity contribution in [1.29, 1.82) is 0 Å². The van der Waals surface area contributed by atoms with Crippen LogP contribution in [0.2, 0.25) is 0 Å². The summed E-state index contributed by atoms with van der Waals surface area (Å²) in [7, 11) is 1.18. The van der Waals surface area contributed by atoms with E-state index in [1.54, 1.807) is 0 Å². The number of benzene rings is 1. The zero-order chi connectivity index (χ0) is 23.5. The summed E-state index contributed by atoms with van der Waals surface area (Å²) < 4.78 is 43.8. The van der Waals surface area contributed by atoms with Crippen LogP contribution in [-0.2, 0) is 16.0 Å². The summed E-state index contributed by atoms with van der Waals surface area (Å²) in [6.07, 6.45) is 3.79. The summed E-state index contributed by atoms with van der Waals surface area (Å²) in [5.41, 5.74) is -0.302. The van der Waals surface area contributed by atoms with E-state index in [1.807, 2.05) is 13.8 Å². The van der Waals surface area contributed by atoms with E-state index < -0.39 is 24.0 Å². The van der Waals surface area contributed by atoms with Crippen molar-refractivity contribution >= 4 is 12.0 Å². The Morgan fingerprint density at radius 3 is 2.55 bits per heavy atom. The molecule has 1 aliphatic heterocycles. The molecule has 1 aliphatic carbocycles. The number of hydrogen-bond donors (Lipinski definition) is 0. The number of carbonyl (C=O) groups excluding carboxylic acids is 1. The molecule has 1 saturated carbocycles. The van der Waals surface area contributed by atoms with Gasteiger partial charge >= 0.3 is 12.0 Å². The van der Waals surface area contributed by atoms with Crippen LogP contribution in [0.25, 0.3) is 0 Å². The highest BCUT2D eigenvalue weighted by Gasteiger charge is 2.43. The van der Waals surface area contributed by atoms with Gasteiger partial charge in [-0.25, -0.2) is 8.78 Å². The van der Waals surface area contributed by atoms with E-state index >= 15 is 0 Å². The number of ether oxygens (including phenoxy) is 2. The standard InChI is InChI=1S/C24H31F2N3O4/c1-14(2)23-27-24(33-28-23)29-7-4-15(5-8-29)18-10-16(18)6-9-32-17-11-20(25)19(21(26)12-17)13-22(30)31-3/h11-12,14-16,18H,4-10,13H2,1-3H3/t16-,18-/m1/s1. The number of carbonyl (C=O) groups is 1. The molecule has 9 heteroatoms. The first-order chi connectivity index (χ1) is 15.9. The molecule has 0 radical (unpaired) electrons. The van der Waals surface area contributed by atoms with Crippen LogP contribution >= 0.6 is 0 Å². The minimum absolute atomic E-state index is 0.143. The van der Waals surface area contributed by atoms with Crippen molar-refractivity contribution in [3.05, 3.63) is 35.2 Å². The lowest BCUT2D eigenvalue weighted by Gasteiger charge is -2.30. The normalized spacial score (nSPS) is 20.8. The Labute approximate surface area is 192 Å². The Balaban J connectivity index is 1.20. The van der Waals surface area contributed by atoms with Crippen molar-refractivity contribution in [2.75, 3.05) is 31.7 Å². The van der Waals surface area contributed by atoms with E-state index in [2.05, 4.69) is 19.8 Å². The number of halogens is 2. The molecule has 0 amide bonds. The topological polar surface area (TPSA) is 77.7 Å². The maximum atomic E-state index is 14.2. The van der Waals surface area contributed by atoms with Crippen molar-refractivity contribution in [2.24, 2.45) is 17.8 Å². The zero-order valence-electron chi connectivity index (χ0n) is 19.4. The largest absolute Gasteiger partial charge is 0.493 e. The molecule has 2 aliphatic rings. The van der Waals surface area contributed by atoms with Crippen LogP contribution in [-0.4, -0.2) is 42.9 Å². The number of aromatic nitrogens is 2. The van der Waals surface area contributed by atoms with Gasteiger partial charge in [0, 0.05) is 36.7 Å². The number of piperidine rings is 1. The quantitative estimate of drug-likeness (QED) is 0.507. The molecule has 7 nitrogen and oxygen atoms in total. The first-order valence-corrected chi connectivity index (χ1v) is 11.6. The molecule has 0 unspecified atom stereocenters. The van der Waals surface area contributed by atoms with Gasteiger partial charge in [-0.2, -0.15) is 4.98 Å². The summed E-state index contributed by atoms with van der Waals surface area (Å²) >= 11 is 0. The predicted octanol–water partition coefficient (Wildman–Crippen LogP) is 4.51. The fourth-order valence-corrected chi connectivity index (χ4v) is 4.67. The van der Waals surface area contributed by atoms with E-state index in [4.69, 9.17) is 9.26 Å². The first-order valence-electron chi connectivity index (χ1n) is 11.6. The van der Waals surface area contributed by atoms with E-state index in [-0.39, 0.29) is 17.2 Å². The second-order valence-electron chi connectivity index (χ2n) is 9.33. The average molecular weight is 464 g/mol. The molecule has 2 atom stereocenters. The van der Waals surface area contributed by atoms with Crippen molar-refractivity contribution in [3.63, 3.8) is 0 Å². The summed E-state index contributed by atoms with van der Waals surface area (Å²) in [6.45, 7) is 6.34. The third-order valence-corrected chi connectivity index (χ3v) is 6.76. The predicted molar refractivity (Wildman–Crippen MR) is 117 cm³/mol. The third kappa shape index (κ3) is 5.62. The highest BCUT2D eigenvalue weighted by atomic mass is 19.1. The second kappa shape index (κ2) is 10.1. The van der Waals surface area contributed by atoms with E-state index in [1.165, 1.54) is 13.5 Å². The number of esters is 1. The van der Waals surface area contributed by atoms with Gasteiger partial charge in [0.2, 0.25) is 0 Å². The highest BCUT2D eigenvalue weighted by molar-refractivity contribution is 5.72. The Morgan fingerprint density at radius 2 is 1.94 bits per heavy atom. The third-order valence-electron chi connectivity index (χ3n) is 6.76. The first kappa shape index (κ1) is 23.4. The van der Waals surface area contributed by atoms with Crippen LogP contribution < -0.4 is 9.64 Å². The highest BCUT2D eigenvalue weighted by Crippen LogP contribution is 2.50. The SMILES string of the molecule is COC(=O)Cc1c(F)cc(OCC[C@@H]2C[C@@H]2C2CCN(c3nc(C(C)C)no3)CC2)cc1F. The molecule has 1 aromatic carbocycles. The molecule has 2 heterocycles. The van der Waals surface area contributed by atoms with E-state index in [0.717, 1.165) is 50.3 Å². The summed E-state index contributed by atoms with van der Waals surface area (Å²) in [4.78, 5) is 18.0. The smallest absolute Gasteiger partial charge is 0.324 e. The lowest BCUT2D eigenvalue weighted by Crippen LogP contribution is -2.34. The number of methoxy groups -OCH3 is 1. The number of anilines is 1. The van der Waals surface area contributed by atoms with Gasteiger partial charge in [-0.05, 0) is 43.4 Å². The lowest BCUT2D eigenvalue weighted by atomic mass is 9.90. The minimum atomic E-state index is -0.798. The Kier molecular flexibility index (Phi) is 7.14. The van der Waals surface area contributed by atoms with Gasteiger partial charge in [0.05, 0.1) is 20.1 Å². The zero-order valence-corrected chi connectivity index (χ0v) is 19.4. The molecule has 0 N–H and O–H groups in total. The van der Waals surface area contributed by atoms with Gasteiger partial charge in [-0.3, -0.25) is 4.79 Å².